The second-order valence-corrected chi connectivity index (χ2v) is 4.24. The Kier molecular flexibility index (Phi) is 3.32. The predicted molar refractivity (Wildman–Crippen MR) is 68.6 cm³/mol. The zero-order chi connectivity index (χ0) is 11.5. The van der Waals surface area contributed by atoms with Gasteiger partial charge in [0, 0.05) is 29.5 Å². The number of hydrogen-bond acceptors (Lipinski definition) is 1. The van der Waals surface area contributed by atoms with E-state index >= 15 is 0 Å². The molecule has 0 aliphatic carbocycles. The summed E-state index contributed by atoms with van der Waals surface area (Å²) in [6.07, 6.45) is 7.47. The van der Waals surface area contributed by atoms with Crippen molar-refractivity contribution in [2.75, 3.05) is 0 Å². The van der Waals surface area contributed by atoms with Crippen molar-refractivity contribution >= 4 is 35.4 Å². The van der Waals surface area contributed by atoms with Gasteiger partial charge < -0.3 is 4.57 Å². The summed E-state index contributed by atoms with van der Waals surface area (Å²) in [5.74, 6) is 0.881. The Bertz CT molecular complexity index is 530. The van der Waals surface area contributed by atoms with Gasteiger partial charge in [0.15, 0.2) is 0 Å². The minimum atomic E-state index is 0.637. The van der Waals surface area contributed by atoms with Crippen LogP contribution in [0.3, 0.4) is 0 Å². The summed E-state index contributed by atoms with van der Waals surface area (Å²) in [6, 6.07) is 5.41. The van der Waals surface area contributed by atoms with E-state index in [1.54, 1.807) is 12.3 Å². The van der Waals surface area contributed by atoms with Crippen LogP contribution in [0.4, 0.5) is 0 Å². The molecule has 0 saturated heterocycles. The zero-order valence-electron chi connectivity index (χ0n) is 8.69. The number of imidazole rings is 1. The first-order valence-corrected chi connectivity index (χ1v) is 5.53. The normalized spacial score (nSPS) is 11.2. The number of hydrogen-bond donors (Lipinski definition) is 0. The third-order valence-corrected chi connectivity index (χ3v) is 2.80. The number of halogens is 2. The van der Waals surface area contributed by atoms with Gasteiger partial charge in [-0.15, -0.1) is 0 Å². The van der Waals surface area contributed by atoms with E-state index in [-0.39, 0.29) is 0 Å². The molecule has 0 aliphatic rings. The number of aryl methyl sites for hydroxylation is 1. The molecule has 0 fully saturated rings. The van der Waals surface area contributed by atoms with Crippen LogP contribution in [0.5, 0.6) is 0 Å². The van der Waals surface area contributed by atoms with E-state index in [2.05, 4.69) is 4.98 Å². The summed E-state index contributed by atoms with van der Waals surface area (Å²) < 4.78 is 1.93. The zero-order valence-corrected chi connectivity index (χ0v) is 10.2. The Balaban J connectivity index is 2.27. The van der Waals surface area contributed by atoms with Crippen LogP contribution >= 0.6 is 23.2 Å². The molecule has 0 atom stereocenters. The van der Waals surface area contributed by atoms with Crippen molar-refractivity contribution < 1.29 is 0 Å². The van der Waals surface area contributed by atoms with Crippen LogP contribution in [0.15, 0.2) is 30.6 Å². The van der Waals surface area contributed by atoms with Crippen LogP contribution in [0.25, 0.3) is 12.2 Å². The highest BCUT2D eigenvalue weighted by atomic mass is 35.5. The van der Waals surface area contributed by atoms with Crippen molar-refractivity contribution in [2.24, 2.45) is 7.05 Å². The fraction of sp³-hybridized carbons (Fsp3) is 0.0833. The van der Waals surface area contributed by atoms with E-state index < -0.39 is 0 Å². The minimum Gasteiger partial charge on any atom is -0.335 e. The number of rotatable bonds is 2. The molecule has 82 valence electrons. The molecule has 0 N–H and O–H groups in total. The van der Waals surface area contributed by atoms with Gasteiger partial charge in [-0.3, -0.25) is 0 Å². The third kappa shape index (κ3) is 2.46. The van der Waals surface area contributed by atoms with Gasteiger partial charge in [-0.2, -0.15) is 0 Å². The number of benzene rings is 1. The smallest absolute Gasteiger partial charge is 0.132 e. The highest BCUT2D eigenvalue weighted by molar-refractivity contribution is 6.35. The Hall–Kier alpha value is -1.25. The predicted octanol–water partition coefficient (Wildman–Crippen LogP) is 3.90. The van der Waals surface area contributed by atoms with Crippen molar-refractivity contribution in [1.29, 1.82) is 0 Å². The Morgan fingerprint density at radius 1 is 1.25 bits per heavy atom. The topological polar surface area (TPSA) is 17.8 Å². The van der Waals surface area contributed by atoms with Gasteiger partial charge in [0.25, 0.3) is 0 Å². The molecule has 2 rings (SSSR count). The van der Waals surface area contributed by atoms with Crippen molar-refractivity contribution in [3.05, 3.63) is 52.0 Å². The summed E-state index contributed by atoms with van der Waals surface area (Å²) in [7, 11) is 1.94. The van der Waals surface area contributed by atoms with Gasteiger partial charge in [0.1, 0.15) is 5.82 Å². The second-order valence-electron chi connectivity index (χ2n) is 3.40. The van der Waals surface area contributed by atoms with Gasteiger partial charge in [0.2, 0.25) is 0 Å². The van der Waals surface area contributed by atoms with Crippen molar-refractivity contribution in [3.8, 4) is 0 Å². The van der Waals surface area contributed by atoms with E-state index in [0.29, 0.717) is 10.0 Å². The summed E-state index contributed by atoms with van der Waals surface area (Å²) in [5, 5.41) is 1.28. The van der Waals surface area contributed by atoms with Gasteiger partial charge in [-0.25, -0.2) is 4.98 Å². The molecule has 0 unspecified atom stereocenters. The van der Waals surface area contributed by atoms with Crippen LogP contribution in [0.1, 0.15) is 11.4 Å². The molecule has 1 heterocycles. The van der Waals surface area contributed by atoms with Crippen molar-refractivity contribution in [3.63, 3.8) is 0 Å². The highest BCUT2D eigenvalue weighted by Gasteiger charge is 1.98. The fourth-order valence-corrected chi connectivity index (χ4v) is 1.81. The number of aromatic nitrogens is 2. The van der Waals surface area contributed by atoms with E-state index in [4.69, 9.17) is 23.2 Å². The molecule has 0 radical (unpaired) electrons. The molecular weight excluding hydrogens is 243 g/mol. The molecule has 0 bridgehead atoms. The maximum absolute atomic E-state index is 6.05. The van der Waals surface area contributed by atoms with Crippen LogP contribution in [-0.4, -0.2) is 9.55 Å². The highest BCUT2D eigenvalue weighted by Crippen LogP contribution is 2.22. The van der Waals surface area contributed by atoms with Gasteiger partial charge in [-0.05, 0) is 29.8 Å². The SMILES string of the molecule is Cn1ccnc1/C=C/c1ccc(Cl)cc1Cl. The molecule has 16 heavy (non-hydrogen) atoms. The molecule has 0 spiro atoms. The second kappa shape index (κ2) is 4.73. The molecule has 0 saturated carbocycles. The monoisotopic (exact) mass is 252 g/mol. The molecule has 2 aromatic rings. The van der Waals surface area contributed by atoms with Crippen LogP contribution in [0.2, 0.25) is 10.0 Å². The first kappa shape index (κ1) is 11.2. The molecule has 1 aromatic heterocycles. The largest absolute Gasteiger partial charge is 0.335 e. The lowest BCUT2D eigenvalue weighted by Gasteiger charge is -1.99. The molecule has 4 heteroatoms. The maximum atomic E-state index is 6.05. The quantitative estimate of drug-likeness (QED) is 0.793. The lowest BCUT2D eigenvalue weighted by atomic mass is 10.2. The Labute approximate surface area is 104 Å². The van der Waals surface area contributed by atoms with Crippen LogP contribution in [-0.2, 0) is 7.05 Å². The fourth-order valence-electron chi connectivity index (χ4n) is 1.34. The van der Waals surface area contributed by atoms with Crippen LogP contribution in [0, 0.1) is 0 Å². The van der Waals surface area contributed by atoms with Crippen LogP contribution < -0.4 is 0 Å². The van der Waals surface area contributed by atoms with Gasteiger partial charge >= 0.3 is 0 Å². The van der Waals surface area contributed by atoms with Crippen molar-refractivity contribution in [2.45, 2.75) is 0 Å². The standard InChI is InChI=1S/C12H10Cl2N2/c1-16-7-6-15-12(16)5-3-9-2-4-10(13)8-11(9)14/h2-8H,1H3/b5-3+. The molecule has 2 nitrogen and oxygen atoms in total. The van der Waals surface area contributed by atoms with Gasteiger partial charge in [0.05, 0.1) is 0 Å². The lowest BCUT2D eigenvalue weighted by Crippen LogP contribution is -1.88. The Morgan fingerprint density at radius 3 is 2.69 bits per heavy atom. The summed E-state index contributed by atoms with van der Waals surface area (Å²) in [6.45, 7) is 0. The van der Waals surface area contributed by atoms with E-state index in [0.717, 1.165) is 11.4 Å². The van der Waals surface area contributed by atoms with Crippen molar-refractivity contribution in [1.82, 2.24) is 9.55 Å². The van der Waals surface area contributed by atoms with E-state index in [9.17, 15) is 0 Å². The van der Waals surface area contributed by atoms with Gasteiger partial charge in [-0.1, -0.05) is 29.3 Å². The minimum absolute atomic E-state index is 0.637. The summed E-state index contributed by atoms with van der Waals surface area (Å²) >= 11 is 11.9. The Morgan fingerprint density at radius 2 is 2.06 bits per heavy atom. The molecule has 1 aromatic carbocycles. The summed E-state index contributed by atoms with van der Waals surface area (Å²) in [5.41, 5.74) is 0.925. The lowest BCUT2D eigenvalue weighted by molar-refractivity contribution is 0.898. The molecular formula is C12H10Cl2N2. The number of nitrogens with zero attached hydrogens (tertiary/aromatic N) is 2. The van der Waals surface area contributed by atoms with E-state index in [1.807, 2.05) is 42.1 Å². The third-order valence-electron chi connectivity index (χ3n) is 2.23. The first-order valence-electron chi connectivity index (χ1n) is 4.77. The average molecular weight is 253 g/mol. The molecule has 0 aliphatic heterocycles. The molecule has 0 amide bonds. The first-order chi connectivity index (χ1) is 7.66. The average Bonchev–Trinajstić information content (AvgIpc) is 2.63. The van der Waals surface area contributed by atoms with E-state index in [1.165, 1.54) is 0 Å². The summed E-state index contributed by atoms with van der Waals surface area (Å²) in [4.78, 5) is 4.19. The maximum Gasteiger partial charge on any atom is 0.132 e.